The molecule has 1 heterocycles. The minimum atomic E-state index is -0.632. The average molecular weight is 290 g/mol. The SMILES string of the molecule is CCOC1(C(=O)Cc2cccnc2N)CCC(C)(C)CC1. The fraction of sp³-hybridized carbons (Fsp3) is 0.647. The number of pyridine rings is 1. The Hall–Kier alpha value is -1.42. The number of rotatable bonds is 5. The maximum Gasteiger partial charge on any atom is 0.169 e. The molecule has 0 spiro atoms. The van der Waals surface area contributed by atoms with Crippen molar-refractivity contribution in [1.82, 2.24) is 4.98 Å². The van der Waals surface area contributed by atoms with E-state index in [0.29, 0.717) is 24.3 Å². The van der Waals surface area contributed by atoms with Crippen molar-refractivity contribution >= 4 is 11.6 Å². The Bertz CT molecular complexity index is 501. The second-order valence-electron chi connectivity index (χ2n) is 6.74. The number of nitrogens with two attached hydrogens (primary N) is 1. The van der Waals surface area contributed by atoms with Gasteiger partial charge >= 0.3 is 0 Å². The monoisotopic (exact) mass is 290 g/mol. The molecule has 1 aliphatic rings. The first-order valence-electron chi connectivity index (χ1n) is 7.75. The van der Waals surface area contributed by atoms with E-state index in [4.69, 9.17) is 10.5 Å². The second kappa shape index (κ2) is 6.14. The summed E-state index contributed by atoms with van der Waals surface area (Å²) in [6.45, 7) is 7.03. The summed E-state index contributed by atoms with van der Waals surface area (Å²) in [5.41, 5.74) is 6.32. The van der Waals surface area contributed by atoms with Crippen molar-refractivity contribution in [2.45, 2.75) is 58.5 Å². The van der Waals surface area contributed by atoms with E-state index < -0.39 is 5.60 Å². The number of Topliss-reactive ketones (excluding diaryl/α,β-unsaturated/α-hetero) is 1. The zero-order chi connectivity index (χ0) is 15.5. The third-order valence-electron chi connectivity index (χ3n) is 4.62. The highest BCUT2D eigenvalue weighted by molar-refractivity contribution is 5.90. The van der Waals surface area contributed by atoms with Gasteiger partial charge in [-0.1, -0.05) is 19.9 Å². The number of ether oxygens (including phenoxy) is 1. The van der Waals surface area contributed by atoms with Gasteiger partial charge in [0.15, 0.2) is 5.78 Å². The van der Waals surface area contributed by atoms with Crippen molar-refractivity contribution in [2.75, 3.05) is 12.3 Å². The highest BCUT2D eigenvalue weighted by Gasteiger charge is 2.44. The minimum Gasteiger partial charge on any atom is -0.383 e. The Kier molecular flexibility index (Phi) is 4.67. The Labute approximate surface area is 127 Å². The second-order valence-corrected chi connectivity index (χ2v) is 6.74. The highest BCUT2D eigenvalue weighted by atomic mass is 16.5. The summed E-state index contributed by atoms with van der Waals surface area (Å²) in [5.74, 6) is 0.577. The first-order chi connectivity index (χ1) is 9.88. The van der Waals surface area contributed by atoms with E-state index >= 15 is 0 Å². The van der Waals surface area contributed by atoms with Crippen molar-refractivity contribution in [3.63, 3.8) is 0 Å². The standard InChI is InChI=1S/C17H26N2O2/c1-4-21-17(9-7-16(2,3)8-10-17)14(20)12-13-6-5-11-19-15(13)18/h5-6,11H,4,7-10,12H2,1-3H3,(H2,18,19). The number of carbonyl (C=O) groups is 1. The summed E-state index contributed by atoms with van der Waals surface area (Å²) in [6, 6.07) is 3.68. The lowest BCUT2D eigenvalue weighted by Crippen LogP contribution is -2.47. The number of ketones is 1. The van der Waals surface area contributed by atoms with Gasteiger partial charge in [0.2, 0.25) is 0 Å². The fourth-order valence-electron chi connectivity index (χ4n) is 3.04. The third-order valence-corrected chi connectivity index (χ3v) is 4.62. The van der Waals surface area contributed by atoms with Crippen LogP contribution in [0.25, 0.3) is 0 Å². The van der Waals surface area contributed by atoms with Crippen LogP contribution in [0.2, 0.25) is 0 Å². The Morgan fingerprint density at radius 3 is 2.57 bits per heavy atom. The van der Waals surface area contributed by atoms with Crippen molar-refractivity contribution in [3.05, 3.63) is 23.9 Å². The number of anilines is 1. The van der Waals surface area contributed by atoms with Gasteiger partial charge in [-0.15, -0.1) is 0 Å². The smallest absolute Gasteiger partial charge is 0.169 e. The molecule has 0 unspecified atom stereocenters. The quantitative estimate of drug-likeness (QED) is 0.904. The van der Waals surface area contributed by atoms with E-state index in [2.05, 4.69) is 18.8 Å². The molecule has 1 aliphatic carbocycles. The van der Waals surface area contributed by atoms with E-state index in [-0.39, 0.29) is 5.78 Å². The van der Waals surface area contributed by atoms with Crippen LogP contribution >= 0.6 is 0 Å². The molecule has 116 valence electrons. The largest absolute Gasteiger partial charge is 0.383 e. The van der Waals surface area contributed by atoms with Crippen LogP contribution in [0.3, 0.4) is 0 Å². The first-order valence-corrected chi connectivity index (χ1v) is 7.75. The number of hydrogen-bond acceptors (Lipinski definition) is 4. The van der Waals surface area contributed by atoms with Crippen molar-refractivity contribution < 1.29 is 9.53 Å². The lowest BCUT2D eigenvalue weighted by molar-refractivity contribution is -0.151. The van der Waals surface area contributed by atoms with Gasteiger partial charge in [0.1, 0.15) is 11.4 Å². The van der Waals surface area contributed by atoms with Crippen LogP contribution in [0.4, 0.5) is 5.82 Å². The molecule has 4 nitrogen and oxygen atoms in total. The lowest BCUT2D eigenvalue weighted by atomic mass is 9.69. The Morgan fingerprint density at radius 1 is 1.33 bits per heavy atom. The molecule has 1 aromatic heterocycles. The predicted molar refractivity (Wildman–Crippen MR) is 84.0 cm³/mol. The molecular formula is C17H26N2O2. The molecule has 0 aliphatic heterocycles. The molecule has 1 fully saturated rings. The summed E-state index contributed by atoms with van der Waals surface area (Å²) in [4.78, 5) is 16.9. The van der Waals surface area contributed by atoms with E-state index in [1.807, 2.05) is 19.1 Å². The maximum absolute atomic E-state index is 12.8. The van der Waals surface area contributed by atoms with Gasteiger partial charge < -0.3 is 10.5 Å². The van der Waals surface area contributed by atoms with E-state index in [0.717, 1.165) is 31.2 Å². The number of hydrogen-bond donors (Lipinski definition) is 1. The summed E-state index contributed by atoms with van der Waals surface area (Å²) in [6.07, 6.45) is 5.58. The maximum atomic E-state index is 12.8. The molecule has 0 amide bonds. The molecule has 1 aromatic rings. The van der Waals surface area contributed by atoms with Crippen LogP contribution < -0.4 is 5.73 Å². The van der Waals surface area contributed by atoms with Crippen LogP contribution in [0.15, 0.2) is 18.3 Å². The molecule has 0 atom stereocenters. The van der Waals surface area contributed by atoms with Crippen LogP contribution in [0.1, 0.15) is 52.0 Å². The zero-order valence-corrected chi connectivity index (χ0v) is 13.3. The van der Waals surface area contributed by atoms with Gasteiger partial charge in [-0.2, -0.15) is 0 Å². The molecule has 2 rings (SSSR count). The Morgan fingerprint density at radius 2 is 2.00 bits per heavy atom. The molecule has 0 radical (unpaired) electrons. The van der Waals surface area contributed by atoms with Crippen molar-refractivity contribution in [1.29, 1.82) is 0 Å². The number of nitrogen functional groups attached to an aromatic ring is 1. The van der Waals surface area contributed by atoms with E-state index in [1.54, 1.807) is 6.20 Å². The third kappa shape index (κ3) is 3.62. The van der Waals surface area contributed by atoms with Gasteiger partial charge in [-0.3, -0.25) is 4.79 Å². The van der Waals surface area contributed by atoms with Gasteiger partial charge in [-0.25, -0.2) is 4.98 Å². The summed E-state index contributed by atoms with van der Waals surface area (Å²) in [5, 5.41) is 0. The summed E-state index contributed by atoms with van der Waals surface area (Å²) < 4.78 is 5.93. The fourth-order valence-corrected chi connectivity index (χ4v) is 3.04. The molecule has 21 heavy (non-hydrogen) atoms. The van der Waals surface area contributed by atoms with Crippen LogP contribution in [-0.2, 0) is 16.0 Å². The molecular weight excluding hydrogens is 264 g/mol. The minimum absolute atomic E-state index is 0.138. The summed E-state index contributed by atoms with van der Waals surface area (Å²) in [7, 11) is 0. The molecule has 0 aromatic carbocycles. The number of nitrogens with zero attached hydrogens (tertiary/aromatic N) is 1. The van der Waals surface area contributed by atoms with Crippen LogP contribution in [-0.4, -0.2) is 23.0 Å². The Balaban J connectivity index is 2.15. The van der Waals surface area contributed by atoms with Crippen molar-refractivity contribution in [2.24, 2.45) is 5.41 Å². The van der Waals surface area contributed by atoms with E-state index in [9.17, 15) is 4.79 Å². The molecule has 0 saturated heterocycles. The van der Waals surface area contributed by atoms with Gasteiger partial charge in [0.25, 0.3) is 0 Å². The lowest BCUT2D eigenvalue weighted by Gasteiger charge is -2.42. The average Bonchev–Trinajstić information content (AvgIpc) is 2.44. The van der Waals surface area contributed by atoms with Crippen molar-refractivity contribution in [3.8, 4) is 0 Å². The van der Waals surface area contributed by atoms with Gasteiger partial charge in [-0.05, 0) is 44.1 Å². The molecule has 1 saturated carbocycles. The van der Waals surface area contributed by atoms with Gasteiger partial charge in [0.05, 0.1) is 0 Å². The number of carbonyl (C=O) groups excluding carboxylic acids is 1. The topological polar surface area (TPSA) is 65.2 Å². The van der Waals surface area contributed by atoms with E-state index in [1.165, 1.54) is 0 Å². The zero-order valence-electron chi connectivity index (χ0n) is 13.3. The molecule has 4 heteroatoms. The van der Waals surface area contributed by atoms with Crippen LogP contribution in [0, 0.1) is 5.41 Å². The number of aromatic nitrogens is 1. The molecule has 2 N–H and O–H groups in total. The van der Waals surface area contributed by atoms with Crippen LogP contribution in [0.5, 0.6) is 0 Å². The first kappa shape index (κ1) is 16.0. The summed E-state index contributed by atoms with van der Waals surface area (Å²) >= 11 is 0. The highest BCUT2D eigenvalue weighted by Crippen LogP contribution is 2.43. The normalized spacial score (nSPS) is 20.1. The predicted octanol–water partition coefficient (Wildman–Crippen LogP) is 3.15. The molecule has 0 bridgehead atoms. The van der Waals surface area contributed by atoms with Gasteiger partial charge in [0, 0.05) is 24.8 Å².